The molecular formula is C17H19ClO2. The van der Waals surface area contributed by atoms with Crippen LogP contribution >= 0.6 is 11.6 Å². The smallest absolute Gasteiger partial charge is 0.126 e. The fourth-order valence-electron chi connectivity index (χ4n) is 2.96. The van der Waals surface area contributed by atoms with Gasteiger partial charge in [0.1, 0.15) is 5.75 Å². The van der Waals surface area contributed by atoms with Gasteiger partial charge in [-0.3, -0.25) is 0 Å². The van der Waals surface area contributed by atoms with Crippen molar-refractivity contribution in [2.45, 2.75) is 18.2 Å². The second kappa shape index (κ2) is 6.02. The van der Waals surface area contributed by atoms with E-state index in [2.05, 4.69) is 18.2 Å². The number of rotatable bonds is 3. The van der Waals surface area contributed by atoms with Crippen LogP contribution in [0, 0.1) is 5.92 Å². The molecule has 2 nitrogen and oxygen atoms in total. The lowest BCUT2D eigenvalue weighted by molar-refractivity contribution is 0.0533. The van der Waals surface area contributed by atoms with E-state index >= 15 is 0 Å². The van der Waals surface area contributed by atoms with Crippen molar-refractivity contribution in [2.75, 3.05) is 20.3 Å². The third kappa shape index (κ3) is 2.50. The molecule has 106 valence electrons. The minimum absolute atomic E-state index is 0.00824. The van der Waals surface area contributed by atoms with E-state index in [4.69, 9.17) is 21.1 Å². The van der Waals surface area contributed by atoms with Crippen LogP contribution in [0.5, 0.6) is 5.75 Å². The highest BCUT2D eigenvalue weighted by Gasteiger charge is 2.25. The van der Waals surface area contributed by atoms with Crippen LogP contribution in [0.3, 0.4) is 0 Å². The molecule has 1 heterocycles. The molecular weight excluding hydrogens is 272 g/mol. The van der Waals surface area contributed by atoms with Gasteiger partial charge < -0.3 is 9.47 Å². The molecule has 3 rings (SSSR count). The molecule has 0 radical (unpaired) electrons. The van der Waals surface area contributed by atoms with E-state index in [-0.39, 0.29) is 5.38 Å². The summed E-state index contributed by atoms with van der Waals surface area (Å²) in [4.78, 5) is 0. The minimum atomic E-state index is -0.00824. The van der Waals surface area contributed by atoms with Gasteiger partial charge in [-0.05, 0) is 29.9 Å². The van der Waals surface area contributed by atoms with Gasteiger partial charge in [0.2, 0.25) is 0 Å². The molecule has 1 aliphatic heterocycles. The average Bonchev–Trinajstić information content (AvgIpc) is 2.54. The molecule has 2 aromatic rings. The van der Waals surface area contributed by atoms with E-state index in [1.54, 1.807) is 7.11 Å². The summed E-state index contributed by atoms with van der Waals surface area (Å²) in [5, 5.41) is 2.29. The quantitative estimate of drug-likeness (QED) is 0.772. The molecule has 0 aliphatic carbocycles. The Labute approximate surface area is 124 Å². The van der Waals surface area contributed by atoms with Gasteiger partial charge in [-0.1, -0.05) is 30.3 Å². The first-order chi connectivity index (χ1) is 9.81. The van der Waals surface area contributed by atoms with Crippen molar-refractivity contribution in [3.63, 3.8) is 0 Å². The minimum Gasteiger partial charge on any atom is -0.496 e. The van der Waals surface area contributed by atoms with Crippen molar-refractivity contribution in [3.05, 3.63) is 42.0 Å². The van der Waals surface area contributed by atoms with Gasteiger partial charge in [-0.25, -0.2) is 0 Å². The van der Waals surface area contributed by atoms with Gasteiger partial charge in [-0.15, -0.1) is 11.6 Å². The first kappa shape index (κ1) is 13.7. The van der Waals surface area contributed by atoms with E-state index in [0.29, 0.717) is 5.92 Å². The number of fused-ring (bicyclic) bond motifs is 1. The third-order valence-electron chi connectivity index (χ3n) is 4.04. The Balaban J connectivity index is 2.02. The maximum Gasteiger partial charge on any atom is 0.126 e. The number of hydrogen-bond acceptors (Lipinski definition) is 2. The molecule has 20 heavy (non-hydrogen) atoms. The van der Waals surface area contributed by atoms with Crippen molar-refractivity contribution in [2.24, 2.45) is 5.92 Å². The van der Waals surface area contributed by atoms with Crippen LogP contribution in [0.15, 0.2) is 36.4 Å². The Hall–Kier alpha value is -1.25. The summed E-state index contributed by atoms with van der Waals surface area (Å²) < 4.78 is 11.0. The van der Waals surface area contributed by atoms with Gasteiger partial charge >= 0.3 is 0 Å². The van der Waals surface area contributed by atoms with Crippen LogP contribution in [0.25, 0.3) is 10.8 Å². The van der Waals surface area contributed by atoms with Gasteiger partial charge in [0.25, 0.3) is 0 Å². The molecule has 1 fully saturated rings. The molecule has 0 N–H and O–H groups in total. The third-order valence-corrected chi connectivity index (χ3v) is 4.64. The zero-order chi connectivity index (χ0) is 13.9. The van der Waals surface area contributed by atoms with Gasteiger partial charge in [-0.2, -0.15) is 0 Å². The fourth-order valence-corrected chi connectivity index (χ4v) is 3.35. The summed E-state index contributed by atoms with van der Waals surface area (Å²) in [6.45, 7) is 1.62. The van der Waals surface area contributed by atoms with Crippen molar-refractivity contribution < 1.29 is 9.47 Å². The predicted octanol–water partition coefficient (Wildman–Crippen LogP) is 4.55. The zero-order valence-corrected chi connectivity index (χ0v) is 12.4. The lowest BCUT2D eigenvalue weighted by Gasteiger charge is -2.27. The molecule has 0 spiro atoms. The second-order valence-electron chi connectivity index (χ2n) is 5.28. The lowest BCUT2D eigenvalue weighted by atomic mass is 9.90. The topological polar surface area (TPSA) is 18.5 Å². The van der Waals surface area contributed by atoms with Crippen molar-refractivity contribution >= 4 is 22.4 Å². The highest BCUT2D eigenvalue weighted by molar-refractivity contribution is 6.22. The monoisotopic (exact) mass is 290 g/mol. The molecule has 0 aromatic heterocycles. The first-order valence-corrected chi connectivity index (χ1v) is 7.52. The van der Waals surface area contributed by atoms with Crippen LogP contribution < -0.4 is 4.74 Å². The maximum atomic E-state index is 6.74. The Bertz CT molecular complexity index is 591. The molecule has 3 heteroatoms. The number of ether oxygens (including phenoxy) is 2. The molecule has 2 atom stereocenters. The van der Waals surface area contributed by atoms with E-state index < -0.39 is 0 Å². The van der Waals surface area contributed by atoms with Crippen LogP contribution in [0.2, 0.25) is 0 Å². The molecule has 0 saturated carbocycles. The first-order valence-electron chi connectivity index (χ1n) is 7.08. The second-order valence-corrected chi connectivity index (χ2v) is 5.75. The lowest BCUT2D eigenvalue weighted by Crippen LogP contribution is -2.21. The molecule has 2 aromatic carbocycles. The van der Waals surface area contributed by atoms with Crippen molar-refractivity contribution in [3.8, 4) is 5.75 Å². The molecule has 0 amide bonds. The van der Waals surface area contributed by atoms with Crippen LogP contribution in [-0.2, 0) is 4.74 Å². The molecule has 2 unspecified atom stereocenters. The van der Waals surface area contributed by atoms with Gasteiger partial charge in [0.15, 0.2) is 0 Å². The molecule has 1 saturated heterocycles. The van der Waals surface area contributed by atoms with Crippen LogP contribution in [0.4, 0.5) is 0 Å². The summed E-state index contributed by atoms with van der Waals surface area (Å²) in [5.41, 5.74) is 1.18. The molecule has 1 aliphatic rings. The number of hydrogen-bond donors (Lipinski definition) is 0. The summed E-state index contributed by atoms with van der Waals surface area (Å²) >= 11 is 6.74. The Morgan fingerprint density at radius 2 is 2.00 bits per heavy atom. The highest BCUT2D eigenvalue weighted by atomic mass is 35.5. The Kier molecular flexibility index (Phi) is 4.13. The van der Waals surface area contributed by atoms with Crippen molar-refractivity contribution in [1.29, 1.82) is 0 Å². The average molecular weight is 291 g/mol. The molecule has 0 bridgehead atoms. The SMILES string of the molecule is COc1ccc(C(Cl)C2CCCOC2)c2ccccc12. The zero-order valence-electron chi connectivity index (χ0n) is 11.6. The van der Waals surface area contributed by atoms with E-state index in [9.17, 15) is 0 Å². The largest absolute Gasteiger partial charge is 0.496 e. The van der Waals surface area contributed by atoms with E-state index in [0.717, 1.165) is 37.2 Å². The van der Waals surface area contributed by atoms with Crippen LogP contribution in [-0.4, -0.2) is 20.3 Å². The number of benzene rings is 2. The summed E-state index contributed by atoms with van der Waals surface area (Å²) in [6.07, 6.45) is 2.23. The summed E-state index contributed by atoms with van der Waals surface area (Å²) in [7, 11) is 1.70. The summed E-state index contributed by atoms with van der Waals surface area (Å²) in [5.74, 6) is 1.29. The van der Waals surface area contributed by atoms with Gasteiger partial charge in [0, 0.05) is 17.9 Å². The highest BCUT2D eigenvalue weighted by Crippen LogP contribution is 2.39. The van der Waals surface area contributed by atoms with Crippen LogP contribution in [0.1, 0.15) is 23.8 Å². The Morgan fingerprint density at radius 3 is 2.70 bits per heavy atom. The summed E-state index contributed by atoms with van der Waals surface area (Å²) in [6, 6.07) is 12.4. The van der Waals surface area contributed by atoms with Crippen molar-refractivity contribution in [1.82, 2.24) is 0 Å². The van der Waals surface area contributed by atoms with Gasteiger partial charge in [0.05, 0.1) is 19.1 Å². The standard InChI is InChI=1S/C17H19ClO2/c1-19-16-9-8-15(13-6-2-3-7-14(13)16)17(18)12-5-4-10-20-11-12/h2-3,6-9,12,17H,4-5,10-11H2,1H3. The normalized spacial score (nSPS) is 20.8. The fraction of sp³-hybridized carbons (Fsp3) is 0.412. The van der Waals surface area contributed by atoms with E-state index in [1.165, 1.54) is 10.9 Å². The van der Waals surface area contributed by atoms with E-state index in [1.807, 2.05) is 18.2 Å². The number of halogens is 1. The Morgan fingerprint density at radius 1 is 1.20 bits per heavy atom. The number of methoxy groups -OCH3 is 1. The maximum absolute atomic E-state index is 6.74. The number of alkyl halides is 1. The predicted molar refractivity (Wildman–Crippen MR) is 82.6 cm³/mol.